The van der Waals surface area contributed by atoms with Gasteiger partial charge in [0.15, 0.2) is 0 Å². The number of rotatable bonds is 8. The Bertz CT molecular complexity index is 559. The topological polar surface area (TPSA) is 82.7 Å². The smallest absolute Gasteiger partial charge is 0.333 e. The van der Waals surface area contributed by atoms with Gasteiger partial charge in [0, 0.05) is 0 Å². The van der Waals surface area contributed by atoms with Gasteiger partial charge in [-0.05, 0) is 27.7 Å². The largest absolute Gasteiger partial charge is 0.494 e. The highest BCUT2D eigenvalue weighted by Gasteiger charge is 2.11. The first kappa shape index (κ1) is 17.5. The van der Waals surface area contributed by atoms with E-state index in [4.69, 9.17) is 9.47 Å². The molecule has 0 atom stereocenters. The van der Waals surface area contributed by atoms with Crippen LogP contribution in [0.15, 0.2) is 15.7 Å². The molecule has 0 aliphatic rings. The highest BCUT2D eigenvalue weighted by molar-refractivity contribution is 5.07. The van der Waals surface area contributed by atoms with Crippen LogP contribution in [0.2, 0.25) is 0 Å². The van der Waals surface area contributed by atoms with Gasteiger partial charge in [0.05, 0.1) is 44.6 Å². The number of ether oxygens (including phenoxy) is 2. The molecule has 7 nitrogen and oxygen atoms in total. The third kappa shape index (κ3) is 5.35. The van der Waals surface area contributed by atoms with Gasteiger partial charge in [-0.15, -0.1) is 0 Å². The standard InChI is InChI=1S/C14H24N2O5/c1-10(2)20-7-5-15-12(17)9-13(18)16(14(15)19)6-8-21-11(3)4/h9-11,17H,5-8H2,1-4H3. The van der Waals surface area contributed by atoms with E-state index in [0.29, 0.717) is 0 Å². The third-order valence-corrected chi connectivity index (χ3v) is 2.79. The van der Waals surface area contributed by atoms with Crippen LogP contribution in [0.25, 0.3) is 0 Å². The Labute approximate surface area is 123 Å². The molecule has 7 heteroatoms. The molecule has 0 saturated heterocycles. The monoisotopic (exact) mass is 300 g/mol. The molecule has 0 aromatic carbocycles. The van der Waals surface area contributed by atoms with Gasteiger partial charge in [0.1, 0.15) is 0 Å². The number of hydrogen-bond acceptors (Lipinski definition) is 5. The lowest BCUT2D eigenvalue weighted by atomic mass is 10.4. The van der Waals surface area contributed by atoms with E-state index in [1.54, 1.807) is 0 Å². The maximum Gasteiger partial charge on any atom is 0.333 e. The van der Waals surface area contributed by atoms with E-state index >= 15 is 0 Å². The minimum atomic E-state index is -0.556. The minimum absolute atomic E-state index is 0.0273. The summed E-state index contributed by atoms with van der Waals surface area (Å²) in [5.74, 6) is -0.349. The van der Waals surface area contributed by atoms with Gasteiger partial charge in [-0.2, -0.15) is 0 Å². The SMILES string of the molecule is CC(C)OCCn1c(O)cc(=O)n(CCOC(C)C)c1=O. The molecule has 0 fully saturated rings. The fourth-order valence-electron chi connectivity index (χ4n) is 1.78. The summed E-state index contributed by atoms with van der Waals surface area (Å²) < 4.78 is 12.9. The van der Waals surface area contributed by atoms with Crippen molar-refractivity contribution in [1.29, 1.82) is 0 Å². The maximum atomic E-state index is 12.2. The Balaban J connectivity index is 2.89. The van der Waals surface area contributed by atoms with Gasteiger partial charge >= 0.3 is 5.69 Å². The lowest BCUT2D eigenvalue weighted by Gasteiger charge is -2.14. The zero-order valence-corrected chi connectivity index (χ0v) is 13.0. The quantitative estimate of drug-likeness (QED) is 0.759. The average Bonchev–Trinajstić information content (AvgIpc) is 2.36. The summed E-state index contributed by atoms with van der Waals surface area (Å²) >= 11 is 0. The summed E-state index contributed by atoms with van der Waals surface area (Å²) in [6, 6.07) is 1.03. The second-order valence-corrected chi connectivity index (χ2v) is 5.27. The second-order valence-electron chi connectivity index (χ2n) is 5.27. The predicted molar refractivity (Wildman–Crippen MR) is 78.8 cm³/mol. The molecule has 0 radical (unpaired) electrons. The van der Waals surface area contributed by atoms with Gasteiger partial charge in [-0.3, -0.25) is 13.9 Å². The normalized spacial score (nSPS) is 11.5. The van der Waals surface area contributed by atoms with Gasteiger partial charge in [0.25, 0.3) is 5.56 Å². The Hall–Kier alpha value is -1.60. The molecule has 120 valence electrons. The van der Waals surface area contributed by atoms with E-state index in [9.17, 15) is 14.7 Å². The molecule has 1 aromatic heterocycles. The van der Waals surface area contributed by atoms with Crippen LogP contribution in [-0.2, 0) is 22.6 Å². The summed E-state index contributed by atoms with van der Waals surface area (Å²) in [6.45, 7) is 8.41. The van der Waals surface area contributed by atoms with Gasteiger partial charge in [-0.1, -0.05) is 0 Å². The van der Waals surface area contributed by atoms with Crippen molar-refractivity contribution in [1.82, 2.24) is 9.13 Å². The number of hydrogen-bond donors (Lipinski definition) is 1. The predicted octanol–water partition coefficient (Wildman–Crippen LogP) is 0.566. The van der Waals surface area contributed by atoms with Crippen LogP contribution >= 0.6 is 0 Å². The van der Waals surface area contributed by atoms with Crippen molar-refractivity contribution >= 4 is 0 Å². The van der Waals surface area contributed by atoms with Crippen molar-refractivity contribution in [2.24, 2.45) is 0 Å². The summed E-state index contributed by atoms with van der Waals surface area (Å²) in [4.78, 5) is 24.0. The summed E-state index contributed by atoms with van der Waals surface area (Å²) in [6.07, 6.45) is 0.0627. The van der Waals surface area contributed by atoms with Crippen molar-refractivity contribution < 1.29 is 14.6 Å². The molecule has 0 bridgehead atoms. The highest BCUT2D eigenvalue weighted by atomic mass is 16.5. The lowest BCUT2D eigenvalue weighted by Crippen LogP contribution is -2.40. The van der Waals surface area contributed by atoms with Gasteiger partial charge in [0.2, 0.25) is 5.88 Å². The lowest BCUT2D eigenvalue weighted by molar-refractivity contribution is 0.0671. The summed E-state index contributed by atoms with van der Waals surface area (Å²) in [7, 11) is 0. The molecule has 1 heterocycles. The fourth-order valence-corrected chi connectivity index (χ4v) is 1.78. The first-order valence-electron chi connectivity index (χ1n) is 7.09. The van der Waals surface area contributed by atoms with Crippen molar-refractivity contribution in [3.05, 3.63) is 26.9 Å². The number of aromatic hydroxyl groups is 1. The molecule has 0 unspecified atom stereocenters. The van der Waals surface area contributed by atoms with Crippen LogP contribution in [0.5, 0.6) is 5.88 Å². The molecule has 0 aliphatic heterocycles. The van der Waals surface area contributed by atoms with Crippen LogP contribution in [0.4, 0.5) is 0 Å². The Morgan fingerprint density at radius 1 is 1.00 bits per heavy atom. The van der Waals surface area contributed by atoms with E-state index in [2.05, 4.69) is 0 Å². The van der Waals surface area contributed by atoms with Crippen LogP contribution in [0, 0.1) is 0 Å². The van der Waals surface area contributed by atoms with E-state index in [1.807, 2.05) is 27.7 Å². The number of nitrogens with zero attached hydrogens (tertiary/aromatic N) is 2. The Kier molecular flexibility index (Phi) is 6.64. The van der Waals surface area contributed by atoms with Crippen molar-refractivity contribution in [2.45, 2.75) is 53.0 Å². The van der Waals surface area contributed by atoms with Crippen molar-refractivity contribution in [3.8, 4) is 5.88 Å². The number of aromatic nitrogens is 2. The molecule has 0 spiro atoms. The molecule has 0 aliphatic carbocycles. The van der Waals surface area contributed by atoms with E-state index in [1.165, 1.54) is 0 Å². The molecule has 1 rings (SSSR count). The average molecular weight is 300 g/mol. The van der Waals surface area contributed by atoms with E-state index in [-0.39, 0.29) is 44.4 Å². The molecule has 0 amide bonds. The van der Waals surface area contributed by atoms with Gasteiger partial charge < -0.3 is 14.6 Å². The third-order valence-electron chi connectivity index (χ3n) is 2.79. The zero-order chi connectivity index (χ0) is 16.0. The van der Waals surface area contributed by atoms with Crippen LogP contribution in [0.3, 0.4) is 0 Å². The second kappa shape index (κ2) is 7.99. The van der Waals surface area contributed by atoms with Crippen LogP contribution in [0.1, 0.15) is 27.7 Å². The Morgan fingerprint density at radius 3 is 1.95 bits per heavy atom. The van der Waals surface area contributed by atoms with Crippen molar-refractivity contribution in [3.63, 3.8) is 0 Å². The van der Waals surface area contributed by atoms with Crippen LogP contribution < -0.4 is 11.2 Å². The molecule has 21 heavy (non-hydrogen) atoms. The molecular formula is C14H24N2O5. The van der Waals surface area contributed by atoms with Crippen LogP contribution in [-0.4, -0.2) is 39.7 Å². The molecule has 1 N–H and O–H groups in total. The highest BCUT2D eigenvalue weighted by Crippen LogP contribution is 2.01. The van der Waals surface area contributed by atoms with E-state index in [0.717, 1.165) is 15.2 Å². The van der Waals surface area contributed by atoms with Crippen molar-refractivity contribution in [2.75, 3.05) is 13.2 Å². The molecule has 0 saturated carbocycles. The van der Waals surface area contributed by atoms with Gasteiger partial charge in [-0.25, -0.2) is 4.79 Å². The summed E-state index contributed by atoms with van der Waals surface area (Å²) in [5.41, 5.74) is -1.09. The fraction of sp³-hybridized carbons (Fsp3) is 0.714. The molecular weight excluding hydrogens is 276 g/mol. The Morgan fingerprint density at radius 2 is 1.48 bits per heavy atom. The maximum absolute atomic E-state index is 12.2. The van der Waals surface area contributed by atoms with E-state index < -0.39 is 11.2 Å². The first-order chi connectivity index (χ1) is 9.82. The molecule has 1 aromatic rings. The first-order valence-corrected chi connectivity index (χ1v) is 7.09. The summed E-state index contributed by atoms with van der Waals surface area (Å²) in [5, 5.41) is 9.74. The zero-order valence-electron chi connectivity index (χ0n) is 13.0. The minimum Gasteiger partial charge on any atom is -0.494 e.